The third-order valence-electron chi connectivity index (χ3n) is 3.96. The van der Waals surface area contributed by atoms with Crippen LogP contribution >= 0.6 is 0 Å². The number of carboxylic acids is 1. The summed E-state index contributed by atoms with van der Waals surface area (Å²) in [5, 5.41) is 11.6. The van der Waals surface area contributed by atoms with Crippen LogP contribution in [0.15, 0.2) is 48.5 Å². The molecule has 0 heterocycles. The number of benzene rings is 2. The van der Waals surface area contributed by atoms with Gasteiger partial charge in [-0.05, 0) is 41.2 Å². The van der Waals surface area contributed by atoms with E-state index in [4.69, 9.17) is 9.84 Å². The summed E-state index contributed by atoms with van der Waals surface area (Å²) in [7, 11) is 0. The summed E-state index contributed by atoms with van der Waals surface area (Å²) >= 11 is 0. The van der Waals surface area contributed by atoms with E-state index < -0.39 is 5.97 Å². The smallest absolute Gasteiger partial charge is 0.341 e. The van der Waals surface area contributed by atoms with Gasteiger partial charge in [0.15, 0.2) is 6.61 Å². The number of hydrogen-bond donors (Lipinski definition) is 2. The highest BCUT2D eigenvalue weighted by Crippen LogP contribution is 2.25. The fourth-order valence-corrected chi connectivity index (χ4v) is 2.65. The van der Waals surface area contributed by atoms with Crippen LogP contribution in [0.1, 0.15) is 42.3 Å². The molecule has 2 aromatic carbocycles. The summed E-state index contributed by atoms with van der Waals surface area (Å²) in [6.07, 6.45) is 0.683. The van der Waals surface area contributed by atoms with E-state index >= 15 is 0 Å². The molecule has 0 aromatic heterocycles. The van der Waals surface area contributed by atoms with Crippen molar-refractivity contribution >= 4 is 11.9 Å². The minimum atomic E-state index is -1.01. The highest BCUT2D eigenvalue weighted by Gasteiger charge is 2.20. The Morgan fingerprint density at radius 1 is 1.04 bits per heavy atom. The van der Waals surface area contributed by atoms with Gasteiger partial charge in [-0.2, -0.15) is 0 Å². The van der Waals surface area contributed by atoms with E-state index in [0.29, 0.717) is 24.3 Å². The monoisotopic (exact) mass is 355 g/mol. The summed E-state index contributed by atoms with van der Waals surface area (Å²) in [5.74, 6) is -0.566. The average molecular weight is 355 g/mol. The molecule has 0 bridgehead atoms. The van der Waals surface area contributed by atoms with Crippen LogP contribution in [0.2, 0.25) is 0 Å². The van der Waals surface area contributed by atoms with Gasteiger partial charge in [0.1, 0.15) is 5.75 Å². The fourth-order valence-electron chi connectivity index (χ4n) is 2.65. The van der Waals surface area contributed by atoms with Crippen molar-refractivity contribution in [1.82, 2.24) is 5.32 Å². The first-order valence-corrected chi connectivity index (χ1v) is 8.58. The molecule has 0 aliphatic heterocycles. The van der Waals surface area contributed by atoms with Gasteiger partial charge in [-0.15, -0.1) is 0 Å². The number of amides is 1. The molecule has 0 atom stereocenters. The third kappa shape index (κ3) is 5.62. The van der Waals surface area contributed by atoms with Crippen LogP contribution < -0.4 is 10.1 Å². The second kappa shape index (κ2) is 8.52. The van der Waals surface area contributed by atoms with Gasteiger partial charge in [-0.25, -0.2) is 4.79 Å². The number of rotatable bonds is 7. The molecule has 0 radical (unpaired) electrons. The largest absolute Gasteiger partial charge is 0.482 e. The van der Waals surface area contributed by atoms with E-state index in [1.54, 1.807) is 12.1 Å². The van der Waals surface area contributed by atoms with Crippen molar-refractivity contribution in [2.75, 3.05) is 13.2 Å². The molecule has 0 fully saturated rings. The van der Waals surface area contributed by atoms with E-state index in [2.05, 4.69) is 26.1 Å². The Morgan fingerprint density at radius 3 is 2.31 bits per heavy atom. The summed E-state index contributed by atoms with van der Waals surface area (Å²) in [6.45, 7) is 6.43. The van der Waals surface area contributed by atoms with Crippen LogP contribution in [-0.2, 0) is 16.6 Å². The van der Waals surface area contributed by atoms with Gasteiger partial charge in [0.25, 0.3) is 5.91 Å². The van der Waals surface area contributed by atoms with E-state index in [-0.39, 0.29) is 17.9 Å². The number of ether oxygens (including phenoxy) is 1. The molecule has 26 heavy (non-hydrogen) atoms. The molecule has 2 aromatic rings. The fraction of sp³-hybridized carbons (Fsp3) is 0.333. The van der Waals surface area contributed by atoms with Gasteiger partial charge in [0.05, 0.1) is 0 Å². The van der Waals surface area contributed by atoms with E-state index in [1.165, 1.54) is 0 Å². The molecular weight excluding hydrogens is 330 g/mol. The van der Waals surface area contributed by atoms with Gasteiger partial charge < -0.3 is 15.2 Å². The van der Waals surface area contributed by atoms with Crippen LogP contribution in [0, 0.1) is 0 Å². The predicted molar refractivity (Wildman–Crippen MR) is 101 cm³/mol. The Morgan fingerprint density at radius 2 is 1.69 bits per heavy atom. The summed E-state index contributed by atoms with van der Waals surface area (Å²) < 4.78 is 5.10. The zero-order valence-electron chi connectivity index (χ0n) is 15.4. The average Bonchev–Trinajstić information content (AvgIpc) is 2.60. The number of aliphatic carboxylic acids is 1. The number of carboxylic acid groups (broad SMARTS) is 1. The van der Waals surface area contributed by atoms with E-state index in [1.807, 2.05) is 36.4 Å². The highest BCUT2D eigenvalue weighted by atomic mass is 16.5. The van der Waals surface area contributed by atoms with Crippen molar-refractivity contribution in [3.05, 3.63) is 65.2 Å². The molecule has 0 unspecified atom stereocenters. The van der Waals surface area contributed by atoms with Crippen molar-refractivity contribution in [2.45, 2.75) is 32.6 Å². The summed E-state index contributed by atoms with van der Waals surface area (Å²) in [5.41, 5.74) is 2.67. The second-order valence-corrected chi connectivity index (χ2v) is 7.13. The normalized spacial score (nSPS) is 11.0. The second-order valence-electron chi connectivity index (χ2n) is 7.13. The number of hydrogen-bond acceptors (Lipinski definition) is 3. The lowest BCUT2D eigenvalue weighted by Gasteiger charge is -2.22. The highest BCUT2D eigenvalue weighted by molar-refractivity contribution is 5.96. The molecule has 0 spiro atoms. The first-order valence-electron chi connectivity index (χ1n) is 8.58. The van der Waals surface area contributed by atoms with Crippen LogP contribution in [0.4, 0.5) is 0 Å². The van der Waals surface area contributed by atoms with Crippen molar-refractivity contribution < 1.29 is 19.4 Å². The van der Waals surface area contributed by atoms with Crippen molar-refractivity contribution in [1.29, 1.82) is 0 Å². The first-order chi connectivity index (χ1) is 12.3. The molecule has 2 N–H and O–H groups in total. The maximum atomic E-state index is 12.5. The lowest BCUT2D eigenvalue weighted by atomic mass is 9.83. The molecule has 0 saturated heterocycles. The zero-order valence-corrected chi connectivity index (χ0v) is 15.4. The van der Waals surface area contributed by atoms with Crippen molar-refractivity contribution in [3.8, 4) is 5.75 Å². The molecule has 1 amide bonds. The van der Waals surface area contributed by atoms with Crippen LogP contribution in [0.5, 0.6) is 5.75 Å². The molecule has 5 heteroatoms. The Bertz CT molecular complexity index is 760. The van der Waals surface area contributed by atoms with Gasteiger partial charge in [0.2, 0.25) is 0 Å². The SMILES string of the molecule is CC(C)(C)c1ccccc1C(=O)NCCc1ccc(OCC(=O)O)cc1. The van der Waals surface area contributed by atoms with E-state index in [9.17, 15) is 9.59 Å². The van der Waals surface area contributed by atoms with Crippen molar-refractivity contribution in [2.24, 2.45) is 0 Å². The summed E-state index contributed by atoms with van der Waals surface area (Å²) in [4.78, 5) is 23.0. The lowest BCUT2D eigenvalue weighted by Crippen LogP contribution is -2.28. The zero-order chi connectivity index (χ0) is 19.2. The molecule has 0 aliphatic rings. The maximum absolute atomic E-state index is 12.5. The van der Waals surface area contributed by atoms with E-state index in [0.717, 1.165) is 11.1 Å². The van der Waals surface area contributed by atoms with Crippen LogP contribution in [0.25, 0.3) is 0 Å². The van der Waals surface area contributed by atoms with Crippen molar-refractivity contribution in [3.63, 3.8) is 0 Å². The van der Waals surface area contributed by atoms with Gasteiger partial charge in [-0.1, -0.05) is 51.1 Å². The molecule has 0 aliphatic carbocycles. The molecule has 2 rings (SSSR count). The third-order valence-corrected chi connectivity index (χ3v) is 3.96. The van der Waals surface area contributed by atoms with Crippen LogP contribution in [-0.4, -0.2) is 30.1 Å². The predicted octanol–water partition coefficient (Wildman–Crippen LogP) is 3.42. The van der Waals surface area contributed by atoms with Gasteiger partial charge in [-0.3, -0.25) is 4.79 Å². The molecule has 5 nitrogen and oxygen atoms in total. The Balaban J connectivity index is 1.90. The topological polar surface area (TPSA) is 75.6 Å². The quantitative estimate of drug-likeness (QED) is 0.798. The van der Waals surface area contributed by atoms with Gasteiger partial charge in [0, 0.05) is 12.1 Å². The molecular formula is C21H25NO4. The lowest BCUT2D eigenvalue weighted by molar-refractivity contribution is -0.139. The Labute approximate surface area is 154 Å². The molecule has 138 valence electrons. The standard InChI is InChI=1S/C21H25NO4/c1-21(2,3)18-7-5-4-6-17(18)20(25)22-13-12-15-8-10-16(11-9-15)26-14-19(23)24/h4-11H,12-14H2,1-3H3,(H,22,25)(H,23,24). The summed E-state index contributed by atoms with van der Waals surface area (Å²) in [6, 6.07) is 14.9. The minimum absolute atomic E-state index is 0.0723. The van der Waals surface area contributed by atoms with Gasteiger partial charge >= 0.3 is 5.97 Å². The molecule has 0 saturated carbocycles. The number of carbonyl (C=O) groups is 2. The first kappa shape index (κ1) is 19.5. The Kier molecular flexibility index (Phi) is 6.39. The van der Waals surface area contributed by atoms with Crippen LogP contribution in [0.3, 0.4) is 0 Å². The number of nitrogens with one attached hydrogen (secondary N) is 1. The maximum Gasteiger partial charge on any atom is 0.341 e. The minimum Gasteiger partial charge on any atom is -0.482 e. The number of carbonyl (C=O) groups excluding carboxylic acids is 1. The Hall–Kier alpha value is -2.82.